The maximum atomic E-state index is 9.84. The second-order valence-electron chi connectivity index (χ2n) is 1.28. The lowest BCUT2D eigenvalue weighted by Crippen LogP contribution is -1.91. The quantitative estimate of drug-likeness (QED) is 0.229. The molecular formula is C7H13NO5. The minimum atomic E-state index is -0.394. The fourth-order valence-corrected chi connectivity index (χ4v) is 0.0833. The van der Waals surface area contributed by atoms with Crippen molar-refractivity contribution in [1.29, 1.82) is 5.41 Å². The van der Waals surface area contributed by atoms with E-state index in [0.29, 0.717) is 0 Å². The zero-order chi connectivity index (χ0) is 11.1. The zero-order valence-corrected chi connectivity index (χ0v) is 7.32. The SMILES string of the molecule is C=CC(=O)OC.N=C=O.OCCO. The molecule has 0 aromatic rings. The number of rotatable bonds is 2. The van der Waals surface area contributed by atoms with E-state index >= 15 is 0 Å². The molecule has 13 heavy (non-hydrogen) atoms. The lowest BCUT2D eigenvalue weighted by atomic mass is 10.7. The molecular weight excluding hydrogens is 178 g/mol. The summed E-state index contributed by atoms with van der Waals surface area (Å²) in [5.74, 6) is -0.394. The average Bonchev–Trinajstić information content (AvgIpc) is 2.18. The maximum absolute atomic E-state index is 9.84. The number of ether oxygens (including phenoxy) is 1. The standard InChI is InChI=1S/C4H6O2.C2H6O2.CHNO/c1-3-4(5)6-2;3-1-2-4;2-1-3/h3H,1H2,2H3;3-4H,1-2H2;2H. The Morgan fingerprint density at radius 2 is 1.92 bits per heavy atom. The van der Waals surface area contributed by atoms with Crippen molar-refractivity contribution in [2.75, 3.05) is 20.3 Å². The van der Waals surface area contributed by atoms with Crippen LogP contribution in [0, 0.1) is 5.41 Å². The molecule has 0 aliphatic rings. The second kappa shape index (κ2) is 22.4. The van der Waals surface area contributed by atoms with E-state index in [0.717, 1.165) is 12.2 Å². The summed E-state index contributed by atoms with van der Waals surface area (Å²) in [6.07, 6.45) is 1.86. The summed E-state index contributed by atoms with van der Waals surface area (Å²) < 4.78 is 4.14. The van der Waals surface area contributed by atoms with Gasteiger partial charge in [0.1, 0.15) is 0 Å². The molecule has 0 aliphatic carbocycles. The number of carbonyl (C=O) groups is 1. The van der Waals surface area contributed by atoms with Gasteiger partial charge in [-0.1, -0.05) is 6.58 Å². The van der Waals surface area contributed by atoms with Crippen LogP contribution in [0.5, 0.6) is 0 Å². The maximum Gasteiger partial charge on any atom is 0.329 e. The van der Waals surface area contributed by atoms with E-state index in [-0.39, 0.29) is 13.2 Å². The number of aliphatic hydroxyl groups is 2. The van der Waals surface area contributed by atoms with Crippen molar-refractivity contribution in [3.05, 3.63) is 12.7 Å². The van der Waals surface area contributed by atoms with Gasteiger partial charge in [0.15, 0.2) is 0 Å². The number of aliphatic hydroxyl groups excluding tert-OH is 2. The predicted molar refractivity (Wildman–Crippen MR) is 44.8 cm³/mol. The summed E-state index contributed by atoms with van der Waals surface area (Å²) in [5.41, 5.74) is 0. The van der Waals surface area contributed by atoms with Gasteiger partial charge in [-0.25, -0.2) is 15.0 Å². The number of hydrogen-bond acceptors (Lipinski definition) is 6. The van der Waals surface area contributed by atoms with Crippen LogP contribution in [0.1, 0.15) is 0 Å². The second-order valence-corrected chi connectivity index (χ2v) is 1.28. The van der Waals surface area contributed by atoms with E-state index < -0.39 is 5.97 Å². The van der Waals surface area contributed by atoms with Gasteiger partial charge in [-0.05, 0) is 0 Å². The molecule has 0 saturated carbocycles. The third-order valence-corrected chi connectivity index (χ3v) is 0.468. The molecule has 0 radical (unpaired) electrons. The fourth-order valence-electron chi connectivity index (χ4n) is 0.0833. The number of methoxy groups -OCH3 is 1. The normalized spacial score (nSPS) is 6.08. The van der Waals surface area contributed by atoms with Gasteiger partial charge in [0.25, 0.3) is 0 Å². The van der Waals surface area contributed by atoms with Crippen molar-refractivity contribution < 1.29 is 24.5 Å². The molecule has 0 aromatic heterocycles. The first-order chi connectivity index (χ1) is 6.14. The molecule has 0 unspecified atom stereocenters. The van der Waals surface area contributed by atoms with Crippen LogP contribution in [0.15, 0.2) is 12.7 Å². The highest BCUT2D eigenvalue weighted by atomic mass is 16.5. The minimum Gasteiger partial charge on any atom is -0.466 e. The summed E-state index contributed by atoms with van der Waals surface area (Å²) in [5, 5.41) is 20.7. The van der Waals surface area contributed by atoms with Gasteiger partial charge in [0.2, 0.25) is 6.08 Å². The van der Waals surface area contributed by atoms with Crippen molar-refractivity contribution >= 4 is 12.0 Å². The largest absolute Gasteiger partial charge is 0.466 e. The molecule has 0 spiro atoms. The number of carbonyl (C=O) groups excluding carboxylic acids is 2. The fraction of sp³-hybridized carbons (Fsp3) is 0.429. The third-order valence-electron chi connectivity index (χ3n) is 0.468. The summed E-state index contributed by atoms with van der Waals surface area (Å²) >= 11 is 0. The Morgan fingerprint density at radius 1 is 1.62 bits per heavy atom. The van der Waals surface area contributed by atoms with Crippen molar-refractivity contribution in [3.63, 3.8) is 0 Å². The first-order valence-corrected chi connectivity index (χ1v) is 3.10. The van der Waals surface area contributed by atoms with Gasteiger partial charge in [-0.2, -0.15) is 0 Å². The Balaban J connectivity index is -0.000000125. The number of esters is 1. The van der Waals surface area contributed by atoms with Crippen molar-refractivity contribution in [3.8, 4) is 0 Å². The minimum absolute atomic E-state index is 0.125. The molecule has 0 aromatic carbocycles. The number of nitrogens with one attached hydrogen (secondary N) is 1. The van der Waals surface area contributed by atoms with E-state index in [1.165, 1.54) is 7.11 Å². The van der Waals surface area contributed by atoms with Crippen LogP contribution in [0.4, 0.5) is 0 Å². The van der Waals surface area contributed by atoms with E-state index in [4.69, 9.17) is 20.4 Å². The summed E-state index contributed by atoms with van der Waals surface area (Å²) in [7, 11) is 1.31. The first kappa shape index (κ1) is 17.6. The van der Waals surface area contributed by atoms with Gasteiger partial charge in [0, 0.05) is 6.08 Å². The smallest absolute Gasteiger partial charge is 0.329 e. The Morgan fingerprint density at radius 3 is 1.92 bits per heavy atom. The van der Waals surface area contributed by atoms with Crippen LogP contribution in [-0.2, 0) is 14.3 Å². The Bertz CT molecular complexity index is 149. The van der Waals surface area contributed by atoms with E-state index in [2.05, 4.69) is 11.3 Å². The molecule has 0 atom stereocenters. The molecule has 6 nitrogen and oxygen atoms in total. The van der Waals surface area contributed by atoms with Gasteiger partial charge < -0.3 is 14.9 Å². The summed E-state index contributed by atoms with van der Waals surface area (Å²) in [4.78, 5) is 18.2. The Hall–Kier alpha value is -1.49. The van der Waals surface area contributed by atoms with Gasteiger partial charge in [-0.15, -0.1) is 0 Å². The van der Waals surface area contributed by atoms with Crippen LogP contribution in [0.25, 0.3) is 0 Å². The highest BCUT2D eigenvalue weighted by Crippen LogP contribution is 1.67. The lowest BCUT2D eigenvalue weighted by Gasteiger charge is -1.83. The Kier molecular flexibility index (Phi) is 30.3. The van der Waals surface area contributed by atoms with Crippen molar-refractivity contribution in [1.82, 2.24) is 0 Å². The first-order valence-electron chi connectivity index (χ1n) is 3.10. The molecule has 0 rings (SSSR count). The highest BCUT2D eigenvalue weighted by molar-refractivity contribution is 5.80. The molecule has 0 bridgehead atoms. The average molecular weight is 191 g/mol. The molecule has 76 valence electrons. The topological polar surface area (TPSA) is 108 Å². The zero-order valence-electron chi connectivity index (χ0n) is 7.32. The highest BCUT2D eigenvalue weighted by Gasteiger charge is 1.81. The summed E-state index contributed by atoms with van der Waals surface area (Å²) in [6, 6.07) is 0. The van der Waals surface area contributed by atoms with Crippen LogP contribution < -0.4 is 0 Å². The van der Waals surface area contributed by atoms with Gasteiger partial charge in [0.05, 0.1) is 20.3 Å². The van der Waals surface area contributed by atoms with Crippen LogP contribution in [0.3, 0.4) is 0 Å². The number of hydrogen-bond donors (Lipinski definition) is 3. The van der Waals surface area contributed by atoms with Crippen molar-refractivity contribution in [2.24, 2.45) is 0 Å². The molecule has 0 aliphatic heterocycles. The molecule has 0 fully saturated rings. The van der Waals surface area contributed by atoms with Gasteiger partial charge in [-0.3, -0.25) is 0 Å². The van der Waals surface area contributed by atoms with Gasteiger partial charge >= 0.3 is 5.97 Å². The predicted octanol–water partition coefficient (Wildman–Crippen LogP) is -0.783. The summed E-state index contributed by atoms with van der Waals surface area (Å²) in [6.45, 7) is 2.91. The molecule has 3 N–H and O–H groups in total. The van der Waals surface area contributed by atoms with Crippen LogP contribution in [-0.4, -0.2) is 42.6 Å². The van der Waals surface area contributed by atoms with E-state index in [1.54, 1.807) is 0 Å². The monoisotopic (exact) mass is 191 g/mol. The lowest BCUT2D eigenvalue weighted by molar-refractivity contribution is -0.134. The van der Waals surface area contributed by atoms with Crippen molar-refractivity contribution in [2.45, 2.75) is 0 Å². The number of isocyanates is 1. The molecule has 6 heteroatoms. The van der Waals surface area contributed by atoms with Crippen LogP contribution >= 0.6 is 0 Å². The molecule has 0 heterocycles. The molecule has 0 amide bonds. The third kappa shape index (κ3) is 61.8. The Labute approximate surface area is 76.0 Å². The van der Waals surface area contributed by atoms with Crippen LogP contribution in [0.2, 0.25) is 0 Å². The van der Waals surface area contributed by atoms with E-state index in [1.807, 2.05) is 0 Å². The molecule has 0 saturated heterocycles. The van der Waals surface area contributed by atoms with E-state index in [9.17, 15) is 4.79 Å².